The summed E-state index contributed by atoms with van der Waals surface area (Å²) in [4.78, 5) is 18.5. The molecule has 1 fully saturated rings. The fraction of sp³-hybridized carbons (Fsp3) is 0.400. The number of hydrogen-bond acceptors (Lipinski definition) is 4. The van der Waals surface area contributed by atoms with Crippen molar-refractivity contribution < 1.29 is 9.53 Å². The number of methoxy groups -OCH3 is 1. The molecule has 1 aliphatic heterocycles. The number of pyridine rings is 1. The van der Waals surface area contributed by atoms with Crippen molar-refractivity contribution in [2.75, 3.05) is 38.6 Å². The normalized spacial score (nSPS) is 17.5. The Balaban J connectivity index is 1.40. The molecule has 26 heavy (non-hydrogen) atoms. The molecule has 0 unspecified atom stereocenters. The molecule has 2 N–H and O–H groups in total. The Bertz CT molecular complexity index is 691. The smallest absolute Gasteiger partial charge is 0.319 e. The van der Waals surface area contributed by atoms with E-state index in [2.05, 4.69) is 50.8 Å². The van der Waals surface area contributed by atoms with E-state index in [0.29, 0.717) is 24.0 Å². The van der Waals surface area contributed by atoms with Crippen molar-refractivity contribution in [3.63, 3.8) is 0 Å². The molecular formula is C20H26N4O2. The molecular weight excluding hydrogens is 328 g/mol. The van der Waals surface area contributed by atoms with E-state index in [1.807, 2.05) is 0 Å². The summed E-state index contributed by atoms with van der Waals surface area (Å²) in [5.41, 5.74) is 2.06. The minimum Gasteiger partial charge on any atom is -0.481 e. The van der Waals surface area contributed by atoms with E-state index in [-0.39, 0.29) is 6.03 Å². The number of benzene rings is 1. The van der Waals surface area contributed by atoms with E-state index in [9.17, 15) is 4.79 Å². The summed E-state index contributed by atoms with van der Waals surface area (Å²) in [6.07, 6.45) is 4.01. The van der Waals surface area contributed by atoms with E-state index in [1.165, 1.54) is 18.4 Å². The van der Waals surface area contributed by atoms with Gasteiger partial charge in [-0.1, -0.05) is 30.3 Å². The van der Waals surface area contributed by atoms with E-state index < -0.39 is 0 Å². The van der Waals surface area contributed by atoms with Gasteiger partial charge in [-0.2, -0.15) is 0 Å². The Morgan fingerprint density at radius 2 is 2.12 bits per heavy atom. The maximum Gasteiger partial charge on any atom is 0.319 e. The lowest BCUT2D eigenvalue weighted by molar-refractivity contribution is 0.207. The molecule has 0 spiro atoms. The van der Waals surface area contributed by atoms with Gasteiger partial charge in [0.15, 0.2) is 0 Å². The highest BCUT2D eigenvalue weighted by Crippen LogP contribution is 2.26. The summed E-state index contributed by atoms with van der Waals surface area (Å²) in [6, 6.07) is 14.0. The highest BCUT2D eigenvalue weighted by molar-refractivity contribution is 5.88. The molecule has 1 atom stereocenters. The summed E-state index contributed by atoms with van der Waals surface area (Å²) in [6.45, 7) is 3.62. The standard InChI is InChI=1S/C20H26N4O2/c1-26-19-10-9-18(14-22-19)23-20(25)21-11-13-24-12-5-8-17(15-24)16-6-3-2-4-7-16/h2-4,6-7,9-10,14,17H,5,8,11-13,15H2,1H3,(H2,21,23,25)/t17-/m0/s1. The second-order valence-corrected chi connectivity index (χ2v) is 6.52. The molecule has 2 aromatic rings. The fourth-order valence-corrected chi connectivity index (χ4v) is 3.33. The van der Waals surface area contributed by atoms with Gasteiger partial charge in [0.05, 0.1) is 19.0 Å². The quantitative estimate of drug-likeness (QED) is 0.837. The molecule has 1 saturated heterocycles. The topological polar surface area (TPSA) is 66.5 Å². The molecule has 1 aliphatic rings. The Morgan fingerprint density at radius 1 is 1.27 bits per heavy atom. The molecule has 2 amide bonds. The molecule has 6 nitrogen and oxygen atoms in total. The molecule has 3 rings (SSSR count). The van der Waals surface area contributed by atoms with Crippen LogP contribution in [0.25, 0.3) is 0 Å². The third kappa shape index (κ3) is 5.20. The molecule has 0 bridgehead atoms. The third-order valence-corrected chi connectivity index (χ3v) is 4.69. The Kier molecular flexibility index (Phi) is 6.44. The van der Waals surface area contributed by atoms with E-state index in [1.54, 1.807) is 25.4 Å². The van der Waals surface area contributed by atoms with Gasteiger partial charge in [0.1, 0.15) is 0 Å². The van der Waals surface area contributed by atoms with Crippen LogP contribution in [0.2, 0.25) is 0 Å². The lowest BCUT2D eigenvalue weighted by atomic mass is 9.91. The SMILES string of the molecule is COc1ccc(NC(=O)NCCN2CCC[C@H](c3ccccc3)C2)cn1. The van der Waals surface area contributed by atoms with Crippen LogP contribution in [-0.2, 0) is 0 Å². The lowest BCUT2D eigenvalue weighted by Gasteiger charge is -2.33. The van der Waals surface area contributed by atoms with Crippen molar-refractivity contribution in [3.05, 3.63) is 54.2 Å². The summed E-state index contributed by atoms with van der Waals surface area (Å²) in [5.74, 6) is 1.11. The van der Waals surface area contributed by atoms with Crippen molar-refractivity contribution in [3.8, 4) is 5.88 Å². The van der Waals surface area contributed by atoms with Crippen LogP contribution >= 0.6 is 0 Å². The Morgan fingerprint density at radius 3 is 2.85 bits per heavy atom. The minimum absolute atomic E-state index is 0.214. The van der Waals surface area contributed by atoms with Crippen molar-refractivity contribution >= 4 is 11.7 Å². The second-order valence-electron chi connectivity index (χ2n) is 6.52. The van der Waals surface area contributed by atoms with E-state index in [4.69, 9.17) is 4.74 Å². The number of carbonyl (C=O) groups is 1. The molecule has 0 saturated carbocycles. The number of amides is 2. The van der Waals surface area contributed by atoms with Gasteiger partial charge in [0.25, 0.3) is 0 Å². The molecule has 0 radical (unpaired) electrons. The molecule has 6 heteroatoms. The van der Waals surface area contributed by atoms with E-state index in [0.717, 1.165) is 19.6 Å². The van der Waals surface area contributed by atoms with Crippen molar-refractivity contribution in [2.24, 2.45) is 0 Å². The van der Waals surface area contributed by atoms with Gasteiger partial charge < -0.3 is 20.3 Å². The largest absolute Gasteiger partial charge is 0.481 e. The number of nitrogens with zero attached hydrogens (tertiary/aromatic N) is 2. The second kappa shape index (κ2) is 9.20. The maximum atomic E-state index is 12.0. The fourth-order valence-electron chi connectivity index (χ4n) is 3.33. The maximum absolute atomic E-state index is 12.0. The van der Waals surface area contributed by atoms with Gasteiger partial charge in [0.2, 0.25) is 5.88 Å². The van der Waals surface area contributed by atoms with Gasteiger partial charge >= 0.3 is 6.03 Å². The average Bonchev–Trinajstić information content (AvgIpc) is 2.69. The minimum atomic E-state index is -0.214. The van der Waals surface area contributed by atoms with Crippen LogP contribution in [0, 0.1) is 0 Å². The van der Waals surface area contributed by atoms with Crippen LogP contribution in [0.5, 0.6) is 5.88 Å². The number of likely N-dealkylation sites (tertiary alicyclic amines) is 1. The highest BCUT2D eigenvalue weighted by atomic mass is 16.5. The van der Waals surface area contributed by atoms with Gasteiger partial charge in [-0.15, -0.1) is 0 Å². The lowest BCUT2D eigenvalue weighted by Crippen LogP contribution is -2.41. The number of piperidine rings is 1. The number of nitrogens with one attached hydrogen (secondary N) is 2. The van der Waals surface area contributed by atoms with Crippen molar-refractivity contribution in [1.82, 2.24) is 15.2 Å². The predicted octanol–water partition coefficient (Wildman–Crippen LogP) is 3.09. The summed E-state index contributed by atoms with van der Waals surface area (Å²) in [7, 11) is 1.56. The van der Waals surface area contributed by atoms with Crippen molar-refractivity contribution in [2.45, 2.75) is 18.8 Å². The summed E-state index contributed by atoms with van der Waals surface area (Å²) < 4.78 is 5.00. The van der Waals surface area contributed by atoms with Gasteiger partial charge in [-0.3, -0.25) is 0 Å². The monoisotopic (exact) mass is 354 g/mol. The van der Waals surface area contributed by atoms with Crippen LogP contribution in [0.15, 0.2) is 48.7 Å². The third-order valence-electron chi connectivity index (χ3n) is 4.69. The number of urea groups is 1. The number of carbonyl (C=O) groups excluding carboxylic acids is 1. The first-order chi connectivity index (χ1) is 12.7. The summed E-state index contributed by atoms with van der Waals surface area (Å²) >= 11 is 0. The van der Waals surface area contributed by atoms with Gasteiger partial charge in [-0.25, -0.2) is 9.78 Å². The first-order valence-electron chi connectivity index (χ1n) is 9.07. The molecule has 1 aromatic carbocycles. The zero-order chi connectivity index (χ0) is 18.2. The zero-order valence-corrected chi connectivity index (χ0v) is 15.1. The van der Waals surface area contributed by atoms with Crippen LogP contribution < -0.4 is 15.4 Å². The van der Waals surface area contributed by atoms with Gasteiger partial charge in [-0.05, 0) is 36.9 Å². The average molecular weight is 354 g/mol. The number of rotatable bonds is 6. The summed E-state index contributed by atoms with van der Waals surface area (Å²) in [5, 5.41) is 5.69. The molecule has 0 aliphatic carbocycles. The number of aromatic nitrogens is 1. The predicted molar refractivity (Wildman–Crippen MR) is 103 cm³/mol. The van der Waals surface area contributed by atoms with Crippen LogP contribution in [0.3, 0.4) is 0 Å². The molecule has 1 aromatic heterocycles. The van der Waals surface area contributed by atoms with Crippen molar-refractivity contribution in [1.29, 1.82) is 0 Å². The molecule has 2 heterocycles. The van der Waals surface area contributed by atoms with Crippen LogP contribution in [0.1, 0.15) is 24.3 Å². The van der Waals surface area contributed by atoms with Gasteiger partial charge in [0, 0.05) is 25.7 Å². The Labute approximate surface area is 154 Å². The zero-order valence-electron chi connectivity index (χ0n) is 15.1. The van der Waals surface area contributed by atoms with Crippen LogP contribution in [0.4, 0.5) is 10.5 Å². The first kappa shape index (κ1) is 18.2. The van der Waals surface area contributed by atoms with Crippen LogP contribution in [-0.4, -0.2) is 49.2 Å². The number of anilines is 1. The highest BCUT2D eigenvalue weighted by Gasteiger charge is 2.20. The Hall–Kier alpha value is -2.60. The first-order valence-corrected chi connectivity index (χ1v) is 9.07. The number of hydrogen-bond donors (Lipinski definition) is 2. The molecule has 138 valence electrons. The number of ether oxygens (including phenoxy) is 1. The van der Waals surface area contributed by atoms with E-state index >= 15 is 0 Å².